The fourth-order valence-corrected chi connectivity index (χ4v) is 1.72. The van der Waals surface area contributed by atoms with Gasteiger partial charge in [0.2, 0.25) is 0 Å². The number of nitrogens with one attached hydrogen (secondary N) is 1. The summed E-state index contributed by atoms with van der Waals surface area (Å²) in [6.45, 7) is 2.03. The second-order valence-corrected chi connectivity index (χ2v) is 4.73. The quantitative estimate of drug-likeness (QED) is 0.617. The van der Waals surface area contributed by atoms with Gasteiger partial charge in [-0.2, -0.15) is 0 Å². The molecule has 1 aromatic rings. The average molecular weight is 288 g/mol. The predicted molar refractivity (Wildman–Crippen MR) is 67.8 cm³/mol. The number of nitrogens with two attached hydrogens (primary N) is 1. The fourth-order valence-electron chi connectivity index (χ4n) is 1.49. The van der Waals surface area contributed by atoms with Crippen LogP contribution < -0.4 is 11.3 Å². The number of hydrogen-bond acceptors (Lipinski definition) is 4. The molecular weight excluding hydrogens is 270 g/mol. The van der Waals surface area contributed by atoms with Crippen LogP contribution >= 0.6 is 15.9 Å². The van der Waals surface area contributed by atoms with E-state index in [-0.39, 0.29) is 12.1 Å². The zero-order chi connectivity index (χ0) is 12.0. The van der Waals surface area contributed by atoms with Gasteiger partial charge >= 0.3 is 0 Å². The van der Waals surface area contributed by atoms with E-state index < -0.39 is 0 Å². The summed E-state index contributed by atoms with van der Waals surface area (Å²) in [5, 5.41) is 0. The predicted octanol–water partition coefficient (Wildman–Crippen LogP) is 1.64. The minimum atomic E-state index is 0.184. The largest absolute Gasteiger partial charge is 0.382 e. The third kappa shape index (κ3) is 4.57. The lowest BCUT2D eigenvalue weighted by molar-refractivity contribution is 0.100. The highest BCUT2D eigenvalue weighted by Gasteiger charge is 2.12. The lowest BCUT2D eigenvalue weighted by Crippen LogP contribution is -2.39. The van der Waals surface area contributed by atoms with Gasteiger partial charge in [-0.15, -0.1) is 0 Å². The van der Waals surface area contributed by atoms with Crippen molar-refractivity contribution < 1.29 is 4.74 Å². The Morgan fingerprint density at radius 2 is 2.31 bits per heavy atom. The van der Waals surface area contributed by atoms with Crippen molar-refractivity contribution in [3.05, 3.63) is 28.5 Å². The molecule has 0 aromatic carbocycles. The standard InChI is InChI=1S/C11H18BrN3O/c1-8(16-2)5-11(15-13)6-10-4-3-9(12)7-14-10/h3-4,7-8,11,15H,5-6,13H2,1-2H3. The lowest BCUT2D eigenvalue weighted by atomic mass is 10.1. The number of aromatic nitrogens is 1. The molecule has 0 aliphatic carbocycles. The van der Waals surface area contributed by atoms with Gasteiger partial charge in [0.05, 0.1) is 6.10 Å². The molecule has 1 rings (SSSR count). The second kappa shape index (κ2) is 6.96. The van der Waals surface area contributed by atoms with Crippen molar-refractivity contribution in [3.63, 3.8) is 0 Å². The molecule has 2 atom stereocenters. The first-order valence-electron chi connectivity index (χ1n) is 5.25. The molecule has 2 unspecified atom stereocenters. The van der Waals surface area contributed by atoms with Crippen LogP contribution in [0, 0.1) is 0 Å². The van der Waals surface area contributed by atoms with Gasteiger partial charge in [0.25, 0.3) is 0 Å². The summed E-state index contributed by atoms with van der Waals surface area (Å²) in [4.78, 5) is 4.32. The van der Waals surface area contributed by atoms with E-state index in [0.717, 1.165) is 23.0 Å². The van der Waals surface area contributed by atoms with Gasteiger partial charge in [0, 0.05) is 35.9 Å². The van der Waals surface area contributed by atoms with E-state index in [4.69, 9.17) is 10.6 Å². The van der Waals surface area contributed by atoms with Gasteiger partial charge in [-0.05, 0) is 41.4 Å². The molecule has 5 heteroatoms. The van der Waals surface area contributed by atoms with Crippen LogP contribution in [0.3, 0.4) is 0 Å². The molecule has 0 saturated carbocycles. The Morgan fingerprint density at radius 1 is 1.56 bits per heavy atom. The van der Waals surface area contributed by atoms with Crippen molar-refractivity contribution in [1.29, 1.82) is 0 Å². The van der Waals surface area contributed by atoms with Gasteiger partial charge in [-0.3, -0.25) is 16.3 Å². The van der Waals surface area contributed by atoms with E-state index in [9.17, 15) is 0 Å². The molecule has 1 heterocycles. The maximum atomic E-state index is 5.51. The second-order valence-electron chi connectivity index (χ2n) is 3.82. The molecule has 0 fully saturated rings. The van der Waals surface area contributed by atoms with E-state index in [2.05, 4.69) is 26.3 Å². The van der Waals surface area contributed by atoms with Crippen LogP contribution in [0.15, 0.2) is 22.8 Å². The zero-order valence-corrected chi connectivity index (χ0v) is 11.2. The summed E-state index contributed by atoms with van der Waals surface area (Å²) in [5.41, 5.74) is 3.82. The third-order valence-electron chi connectivity index (χ3n) is 2.50. The molecule has 0 radical (unpaired) electrons. The fraction of sp³-hybridized carbons (Fsp3) is 0.545. The smallest absolute Gasteiger partial charge is 0.0558 e. The Labute approximate surface area is 105 Å². The summed E-state index contributed by atoms with van der Waals surface area (Å²) in [7, 11) is 1.70. The molecular formula is C11H18BrN3O. The summed E-state index contributed by atoms with van der Waals surface area (Å²) in [6.07, 6.45) is 3.65. The lowest BCUT2D eigenvalue weighted by Gasteiger charge is -2.19. The SMILES string of the molecule is COC(C)CC(Cc1ccc(Br)cn1)NN. The normalized spacial score (nSPS) is 14.8. The van der Waals surface area contributed by atoms with Crippen molar-refractivity contribution >= 4 is 15.9 Å². The monoisotopic (exact) mass is 287 g/mol. The Bertz CT molecular complexity index is 305. The molecule has 0 aliphatic rings. The molecule has 90 valence electrons. The minimum absolute atomic E-state index is 0.184. The number of hydrogen-bond donors (Lipinski definition) is 2. The number of methoxy groups -OCH3 is 1. The van der Waals surface area contributed by atoms with Gasteiger partial charge in [0.15, 0.2) is 0 Å². The first-order chi connectivity index (χ1) is 7.65. The highest BCUT2D eigenvalue weighted by Crippen LogP contribution is 2.11. The average Bonchev–Trinajstić information content (AvgIpc) is 2.30. The van der Waals surface area contributed by atoms with E-state index in [1.807, 2.05) is 19.1 Å². The van der Waals surface area contributed by atoms with Crippen LogP contribution in [-0.2, 0) is 11.2 Å². The zero-order valence-electron chi connectivity index (χ0n) is 9.61. The molecule has 1 aromatic heterocycles. The molecule has 0 saturated heterocycles. The van der Waals surface area contributed by atoms with Crippen molar-refractivity contribution in [2.24, 2.45) is 5.84 Å². The minimum Gasteiger partial charge on any atom is -0.382 e. The first kappa shape index (κ1) is 13.6. The van der Waals surface area contributed by atoms with Crippen LogP contribution in [0.2, 0.25) is 0 Å². The van der Waals surface area contributed by atoms with Crippen molar-refractivity contribution in [1.82, 2.24) is 10.4 Å². The van der Waals surface area contributed by atoms with Crippen molar-refractivity contribution in [3.8, 4) is 0 Å². The highest BCUT2D eigenvalue weighted by molar-refractivity contribution is 9.10. The molecule has 0 spiro atoms. The van der Waals surface area contributed by atoms with Crippen LogP contribution in [0.25, 0.3) is 0 Å². The highest BCUT2D eigenvalue weighted by atomic mass is 79.9. The van der Waals surface area contributed by atoms with Crippen LogP contribution in [0.4, 0.5) is 0 Å². The van der Waals surface area contributed by atoms with Crippen molar-refractivity contribution in [2.45, 2.75) is 31.9 Å². The number of halogens is 1. The number of ether oxygens (including phenoxy) is 1. The van der Waals surface area contributed by atoms with E-state index >= 15 is 0 Å². The molecule has 16 heavy (non-hydrogen) atoms. The molecule has 0 aliphatic heterocycles. The molecule has 0 bridgehead atoms. The van der Waals surface area contributed by atoms with Gasteiger partial charge < -0.3 is 4.74 Å². The number of rotatable bonds is 6. The molecule has 4 nitrogen and oxygen atoms in total. The summed E-state index contributed by atoms with van der Waals surface area (Å²) < 4.78 is 6.20. The van der Waals surface area contributed by atoms with Crippen LogP contribution in [0.1, 0.15) is 19.0 Å². The molecule has 0 amide bonds. The first-order valence-corrected chi connectivity index (χ1v) is 6.04. The number of nitrogens with zero attached hydrogens (tertiary/aromatic N) is 1. The van der Waals surface area contributed by atoms with E-state index in [1.165, 1.54) is 0 Å². The number of pyridine rings is 1. The number of hydrazine groups is 1. The Morgan fingerprint density at radius 3 is 2.81 bits per heavy atom. The third-order valence-corrected chi connectivity index (χ3v) is 2.97. The Kier molecular flexibility index (Phi) is 5.90. The van der Waals surface area contributed by atoms with E-state index in [1.54, 1.807) is 13.3 Å². The topological polar surface area (TPSA) is 60.2 Å². The van der Waals surface area contributed by atoms with Gasteiger partial charge in [-0.1, -0.05) is 0 Å². The Hall–Kier alpha value is -0.490. The van der Waals surface area contributed by atoms with Gasteiger partial charge in [0.1, 0.15) is 0 Å². The van der Waals surface area contributed by atoms with Crippen LogP contribution in [0.5, 0.6) is 0 Å². The summed E-state index contributed by atoms with van der Waals surface area (Å²) >= 11 is 3.36. The maximum absolute atomic E-state index is 5.51. The maximum Gasteiger partial charge on any atom is 0.0558 e. The molecule has 3 N–H and O–H groups in total. The van der Waals surface area contributed by atoms with Gasteiger partial charge in [-0.25, -0.2) is 0 Å². The van der Waals surface area contributed by atoms with E-state index in [0.29, 0.717) is 0 Å². The van der Waals surface area contributed by atoms with Crippen LogP contribution in [-0.4, -0.2) is 24.2 Å². The summed E-state index contributed by atoms with van der Waals surface area (Å²) in [5.74, 6) is 5.51. The Balaban J connectivity index is 2.52. The van der Waals surface area contributed by atoms with Crippen molar-refractivity contribution in [2.75, 3.05) is 7.11 Å². The summed E-state index contributed by atoms with van der Waals surface area (Å²) in [6, 6.07) is 4.16.